The molecule has 0 bridgehead atoms. The second-order valence-electron chi connectivity index (χ2n) is 6.03. The van der Waals surface area contributed by atoms with E-state index in [1.54, 1.807) is 30.9 Å². The molecule has 3 N–H and O–H groups in total. The van der Waals surface area contributed by atoms with E-state index in [0.29, 0.717) is 18.5 Å². The van der Waals surface area contributed by atoms with Crippen LogP contribution in [-0.4, -0.2) is 34.2 Å². The first-order valence-corrected chi connectivity index (χ1v) is 9.94. The lowest BCUT2D eigenvalue weighted by Gasteiger charge is -2.12. The highest BCUT2D eigenvalue weighted by atomic mass is 79.9. The number of thiophene rings is 1. The van der Waals surface area contributed by atoms with Crippen molar-refractivity contribution in [2.24, 2.45) is 11.7 Å². The Kier molecular flexibility index (Phi) is 7.14. The summed E-state index contributed by atoms with van der Waals surface area (Å²) in [4.78, 5) is 36.8. The van der Waals surface area contributed by atoms with Crippen molar-refractivity contribution in [2.75, 3.05) is 11.9 Å². The summed E-state index contributed by atoms with van der Waals surface area (Å²) >= 11 is 4.28. The van der Waals surface area contributed by atoms with Crippen LogP contribution >= 0.6 is 27.3 Å². The number of esters is 1. The molecular weight excluding hydrogens is 436 g/mol. The third kappa shape index (κ3) is 5.16. The fourth-order valence-corrected chi connectivity index (χ4v) is 3.76. The van der Waals surface area contributed by atoms with Crippen molar-refractivity contribution in [2.45, 2.75) is 33.7 Å². The Morgan fingerprint density at radius 2 is 2.15 bits per heavy atom. The molecule has 0 saturated heterocycles. The van der Waals surface area contributed by atoms with E-state index in [0.717, 1.165) is 15.8 Å². The van der Waals surface area contributed by atoms with Gasteiger partial charge < -0.3 is 15.8 Å². The summed E-state index contributed by atoms with van der Waals surface area (Å²) in [5.74, 6) is -1.96. The first-order valence-electron chi connectivity index (χ1n) is 8.33. The molecule has 2 aromatic heterocycles. The molecule has 10 heteroatoms. The van der Waals surface area contributed by atoms with E-state index >= 15 is 0 Å². The number of ether oxygens (including phenoxy) is 1. The average molecular weight is 457 g/mol. The van der Waals surface area contributed by atoms with Gasteiger partial charge in [-0.2, -0.15) is 5.10 Å². The molecule has 0 aliphatic rings. The highest BCUT2D eigenvalue weighted by Crippen LogP contribution is 2.34. The average Bonchev–Trinajstić information content (AvgIpc) is 3.15. The van der Waals surface area contributed by atoms with Crippen LogP contribution in [0.15, 0.2) is 16.9 Å². The fraction of sp³-hybridized carbons (Fsp3) is 0.412. The van der Waals surface area contributed by atoms with Crippen LogP contribution in [0.1, 0.15) is 45.9 Å². The van der Waals surface area contributed by atoms with Crippen LogP contribution in [-0.2, 0) is 16.1 Å². The fourth-order valence-electron chi connectivity index (χ4n) is 2.39. The number of aromatic nitrogens is 2. The smallest absolute Gasteiger partial charge is 0.341 e. The monoisotopic (exact) mass is 456 g/mol. The number of hydrogen-bond acceptors (Lipinski definition) is 6. The Morgan fingerprint density at radius 3 is 2.70 bits per heavy atom. The van der Waals surface area contributed by atoms with Gasteiger partial charge in [0.15, 0.2) is 0 Å². The maximum absolute atomic E-state index is 12.6. The molecular formula is C17H21BrN4O4S. The Hall–Kier alpha value is -2.20. The summed E-state index contributed by atoms with van der Waals surface area (Å²) < 4.78 is 7.63. The molecule has 0 aliphatic heterocycles. The minimum atomic E-state index is -0.656. The van der Waals surface area contributed by atoms with Crippen LogP contribution in [0, 0.1) is 12.8 Å². The van der Waals surface area contributed by atoms with Gasteiger partial charge in [0.2, 0.25) is 5.91 Å². The molecule has 146 valence electrons. The van der Waals surface area contributed by atoms with Crippen LogP contribution in [0.3, 0.4) is 0 Å². The molecule has 0 aromatic carbocycles. The normalized spacial score (nSPS) is 11.9. The van der Waals surface area contributed by atoms with Gasteiger partial charge in [-0.05, 0) is 34.8 Å². The Bertz CT molecular complexity index is 861. The van der Waals surface area contributed by atoms with E-state index in [9.17, 15) is 14.4 Å². The maximum atomic E-state index is 12.6. The van der Waals surface area contributed by atoms with Gasteiger partial charge in [0.25, 0.3) is 5.91 Å². The largest absolute Gasteiger partial charge is 0.462 e. The zero-order valence-corrected chi connectivity index (χ0v) is 17.6. The van der Waals surface area contributed by atoms with Gasteiger partial charge in [-0.3, -0.25) is 14.3 Å². The Morgan fingerprint density at radius 1 is 1.44 bits per heavy atom. The first-order chi connectivity index (χ1) is 12.7. The molecule has 2 rings (SSSR count). The molecule has 0 radical (unpaired) electrons. The van der Waals surface area contributed by atoms with E-state index in [2.05, 4.69) is 26.3 Å². The predicted octanol–water partition coefficient (Wildman–Crippen LogP) is 2.96. The number of carbonyl (C=O) groups is 3. The second kappa shape index (κ2) is 9.14. The number of halogens is 1. The third-order valence-electron chi connectivity index (χ3n) is 3.76. The number of anilines is 1. The topological polar surface area (TPSA) is 116 Å². The standard InChI is InChI=1S/C17H21BrN4O4S/c1-4-5-26-17(25)12-10(3)13(14(19)23)27-16(12)21-15(24)9(2)7-22-8-11(18)6-20-22/h6,8-9H,4-5,7H2,1-3H3,(H2,19,23)(H,21,24). The van der Waals surface area contributed by atoms with Crippen molar-refractivity contribution < 1.29 is 19.1 Å². The molecule has 2 heterocycles. The van der Waals surface area contributed by atoms with E-state index < -0.39 is 17.8 Å². The molecule has 0 saturated carbocycles. The summed E-state index contributed by atoms with van der Waals surface area (Å²) in [5, 5.41) is 7.12. The Labute approximate surface area is 169 Å². The van der Waals surface area contributed by atoms with Crippen LogP contribution in [0.5, 0.6) is 0 Å². The zero-order valence-electron chi connectivity index (χ0n) is 15.2. The van der Waals surface area contributed by atoms with E-state index in [-0.39, 0.29) is 28.0 Å². The minimum absolute atomic E-state index is 0.171. The van der Waals surface area contributed by atoms with Crippen LogP contribution < -0.4 is 11.1 Å². The van der Waals surface area contributed by atoms with Crippen molar-refractivity contribution in [3.05, 3.63) is 32.9 Å². The third-order valence-corrected chi connectivity index (χ3v) is 5.39. The van der Waals surface area contributed by atoms with Gasteiger partial charge in [0.05, 0.1) is 40.2 Å². The van der Waals surface area contributed by atoms with Gasteiger partial charge in [0.1, 0.15) is 5.00 Å². The van der Waals surface area contributed by atoms with Gasteiger partial charge in [-0.25, -0.2) is 4.79 Å². The molecule has 0 spiro atoms. The van der Waals surface area contributed by atoms with E-state index in [1.807, 2.05) is 6.92 Å². The number of nitrogens with one attached hydrogen (secondary N) is 1. The molecule has 8 nitrogen and oxygen atoms in total. The molecule has 2 amide bonds. The van der Waals surface area contributed by atoms with Crippen molar-refractivity contribution in [1.82, 2.24) is 9.78 Å². The second-order valence-corrected chi connectivity index (χ2v) is 7.97. The molecule has 2 aromatic rings. The number of primary amides is 1. The highest BCUT2D eigenvalue weighted by Gasteiger charge is 2.27. The van der Waals surface area contributed by atoms with Gasteiger partial charge in [0, 0.05) is 6.20 Å². The van der Waals surface area contributed by atoms with Crippen molar-refractivity contribution in [1.29, 1.82) is 0 Å². The molecule has 0 aliphatic carbocycles. The quantitative estimate of drug-likeness (QED) is 0.592. The molecule has 1 unspecified atom stereocenters. The number of nitrogens with zero attached hydrogens (tertiary/aromatic N) is 2. The predicted molar refractivity (Wildman–Crippen MR) is 106 cm³/mol. The lowest BCUT2D eigenvalue weighted by Crippen LogP contribution is -2.25. The van der Waals surface area contributed by atoms with Gasteiger partial charge >= 0.3 is 5.97 Å². The SMILES string of the molecule is CCCOC(=O)c1c(NC(=O)C(C)Cn2cc(Br)cn2)sc(C(N)=O)c1C. The number of hydrogen-bond donors (Lipinski definition) is 2. The Balaban J connectivity index is 2.22. The minimum Gasteiger partial charge on any atom is -0.462 e. The lowest BCUT2D eigenvalue weighted by atomic mass is 10.1. The summed E-state index contributed by atoms with van der Waals surface area (Å²) in [6, 6.07) is 0. The van der Waals surface area contributed by atoms with Gasteiger partial charge in [-0.1, -0.05) is 13.8 Å². The summed E-state index contributed by atoms with van der Waals surface area (Å²) in [6.07, 6.45) is 4.06. The van der Waals surface area contributed by atoms with Crippen molar-refractivity contribution >= 4 is 50.1 Å². The number of carbonyl (C=O) groups excluding carboxylic acids is 3. The summed E-state index contributed by atoms with van der Waals surface area (Å²) in [6.45, 7) is 5.84. The number of rotatable bonds is 8. The van der Waals surface area contributed by atoms with E-state index in [1.165, 1.54) is 0 Å². The number of amides is 2. The zero-order chi connectivity index (χ0) is 20.1. The maximum Gasteiger partial charge on any atom is 0.341 e. The van der Waals surface area contributed by atoms with Crippen molar-refractivity contribution in [3.63, 3.8) is 0 Å². The number of nitrogens with two attached hydrogens (primary N) is 1. The van der Waals surface area contributed by atoms with Crippen LogP contribution in [0.2, 0.25) is 0 Å². The molecule has 27 heavy (non-hydrogen) atoms. The first kappa shape index (κ1) is 21.1. The van der Waals surface area contributed by atoms with Crippen LogP contribution in [0.25, 0.3) is 0 Å². The lowest BCUT2D eigenvalue weighted by molar-refractivity contribution is -0.119. The molecule has 1 atom stereocenters. The summed E-state index contributed by atoms with van der Waals surface area (Å²) in [5.41, 5.74) is 5.96. The van der Waals surface area contributed by atoms with Crippen molar-refractivity contribution in [3.8, 4) is 0 Å². The highest BCUT2D eigenvalue weighted by molar-refractivity contribution is 9.10. The van der Waals surface area contributed by atoms with E-state index in [4.69, 9.17) is 10.5 Å². The molecule has 0 fully saturated rings. The van der Waals surface area contributed by atoms with Crippen LogP contribution in [0.4, 0.5) is 5.00 Å². The van der Waals surface area contributed by atoms with Gasteiger partial charge in [-0.15, -0.1) is 11.3 Å². The summed E-state index contributed by atoms with van der Waals surface area (Å²) in [7, 11) is 0.